The molecule has 0 aliphatic carbocycles. The Balaban J connectivity index is 2.01. The van der Waals surface area contributed by atoms with Crippen molar-refractivity contribution in [2.75, 3.05) is 15.8 Å². The van der Waals surface area contributed by atoms with Gasteiger partial charge in [0, 0.05) is 5.69 Å². The normalized spacial score (nSPS) is 11.2. The van der Waals surface area contributed by atoms with E-state index in [0.29, 0.717) is 17.9 Å². The maximum Gasteiger partial charge on any atom is 0.233 e. The molecule has 0 aliphatic heterocycles. The molecule has 0 radical (unpaired) electrons. The molecule has 2 rings (SSSR count). The standard InChI is InChI=1S/C14H17FN4O2S/c1-2-3-9-22(20,21)19-14-8-7-13(17-18-14)16-12-6-4-5-11(15)10-12/h4-8,10H,2-3,9H2,1H3,(H,16,17)(H,18,19). The van der Waals surface area contributed by atoms with E-state index in [2.05, 4.69) is 20.2 Å². The van der Waals surface area contributed by atoms with E-state index < -0.39 is 10.0 Å². The minimum atomic E-state index is -3.40. The average Bonchev–Trinajstić information content (AvgIpc) is 2.47. The third-order valence-corrected chi connectivity index (χ3v) is 4.13. The number of unbranched alkanes of at least 4 members (excludes halogenated alkanes) is 1. The van der Waals surface area contributed by atoms with Gasteiger partial charge in [-0.25, -0.2) is 12.8 Å². The van der Waals surface area contributed by atoms with Crippen molar-refractivity contribution in [3.8, 4) is 0 Å². The van der Waals surface area contributed by atoms with Gasteiger partial charge in [0.05, 0.1) is 5.75 Å². The molecule has 0 saturated carbocycles. The van der Waals surface area contributed by atoms with Crippen LogP contribution in [0.5, 0.6) is 0 Å². The maximum absolute atomic E-state index is 13.1. The van der Waals surface area contributed by atoms with E-state index >= 15 is 0 Å². The molecule has 0 atom stereocenters. The highest BCUT2D eigenvalue weighted by molar-refractivity contribution is 7.92. The van der Waals surface area contributed by atoms with Crippen molar-refractivity contribution in [2.45, 2.75) is 19.8 Å². The van der Waals surface area contributed by atoms with Crippen LogP contribution in [0, 0.1) is 5.82 Å². The molecular formula is C14H17FN4O2S. The summed E-state index contributed by atoms with van der Waals surface area (Å²) in [6.45, 7) is 1.92. The summed E-state index contributed by atoms with van der Waals surface area (Å²) in [5, 5.41) is 10.5. The van der Waals surface area contributed by atoms with E-state index in [1.54, 1.807) is 18.2 Å². The molecule has 0 amide bonds. The molecular weight excluding hydrogens is 307 g/mol. The number of benzene rings is 1. The van der Waals surface area contributed by atoms with Crippen molar-refractivity contribution in [2.24, 2.45) is 0 Å². The number of aromatic nitrogens is 2. The van der Waals surface area contributed by atoms with Gasteiger partial charge in [0.1, 0.15) is 5.82 Å². The number of anilines is 3. The molecule has 0 saturated heterocycles. The first-order chi connectivity index (χ1) is 10.5. The van der Waals surface area contributed by atoms with Crippen molar-refractivity contribution < 1.29 is 12.8 Å². The van der Waals surface area contributed by atoms with Gasteiger partial charge in [0.25, 0.3) is 0 Å². The number of hydrogen-bond acceptors (Lipinski definition) is 5. The predicted molar refractivity (Wildman–Crippen MR) is 84.0 cm³/mol. The summed E-state index contributed by atoms with van der Waals surface area (Å²) in [7, 11) is -3.40. The third kappa shape index (κ3) is 4.96. The van der Waals surface area contributed by atoms with Gasteiger partial charge < -0.3 is 5.32 Å². The molecule has 0 fully saturated rings. The fourth-order valence-electron chi connectivity index (χ4n) is 1.71. The van der Waals surface area contributed by atoms with Crippen LogP contribution in [-0.4, -0.2) is 24.4 Å². The zero-order valence-corrected chi connectivity index (χ0v) is 12.9. The van der Waals surface area contributed by atoms with Crippen LogP contribution in [0.2, 0.25) is 0 Å². The smallest absolute Gasteiger partial charge is 0.233 e. The van der Waals surface area contributed by atoms with Crippen LogP contribution in [-0.2, 0) is 10.0 Å². The van der Waals surface area contributed by atoms with Gasteiger partial charge in [0.15, 0.2) is 11.6 Å². The summed E-state index contributed by atoms with van der Waals surface area (Å²) in [4.78, 5) is 0. The van der Waals surface area contributed by atoms with Crippen LogP contribution < -0.4 is 10.0 Å². The first kappa shape index (κ1) is 16.2. The Morgan fingerprint density at radius 2 is 1.86 bits per heavy atom. The summed E-state index contributed by atoms with van der Waals surface area (Å²) >= 11 is 0. The Kier molecular flexibility index (Phi) is 5.26. The van der Waals surface area contributed by atoms with Crippen molar-refractivity contribution in [1.29, 1.82) is 0 Å². The molecule has 118 valence electrons. The van der Waals surface area contributed by atoms with E-state index in [1.165, 1.54) is 18.2 Å². The Bertz CT molecular complexity index is 720. The first-order valence-corrected chi connectivity index (χ1v) is 8.50. The molecule has 6 nitrogen and oxygen atoms in total. The van der Waals surface area contributed by atoms with Gasteiger partial charge in [-0.1, -0.05) is 19.4 Å². The Morgan fingerprint density at radius 3 is 2.50 bits per heavy atom. The van der Waals surface area contributed by atoms with Crippen LogP contribution in [0.3, 0.4) is 0 Å². The molecule has 22 heavy (non-hydrogen) atoms. The second kappa shape index (κ2) is 7.17. The Labute approximate surface area is 128 Å². The molecule has 1 heterocycles. The van der Waals surface area contributed by atoms with E-state index in [0.717, 1.165) is 6.42 Å². The number of nitrogens with zero attached hydrogens (tertiary/aromatic N) is 2. The molecule has 1 aromatic heterocycles. The van der Waals surface area contributed by atoms with Gasteiger partial charge >= 0.3 is 0 Å². The zero-order chi connectivity index (χ0) is 16.0. The number of sulfonamides is 1. The average molecular weight is 324 g/mol. The Hall–Kier alpha value is -2.22. The highest BCUT2D eigenvalue weighted by atomic mass is 32.2. The number of rotatable bonds is 7. The quantitative estimate of drug-likeness (QED) is 0.818. The maximum atomic E-state index is 13.1. The second-order valence-electron chi connectivity index (χ2n) is 4.71. The number of halogens is 1. The molecule has 2 aromatic rings. The van der Waals surface area contributed by atoms with Gasteiger partial charge in [-0.05, 0) is 36.8 Å². The highest BCUT2D eigenvalue weighted by Gasteiger charge is 2.10. The molecule has 1 aromatic carbocycles. The topological polar surface area (TPSA) is 84.0 Å². The fourth-order valence-corrected chi connectivity index (χ4v) is 2.91. The molecule has 0 bridgehead atoms. The van der Waals surface area contributed by atoms with Crippen LogP contribution in [0.25, 0.3) is 0 Å². The molecule has 2 N–H and O–H groups in total. The molecule has 8 heteroatoms. The predicted octanol–water partition coefficient (Wildman–Crippen LogP) is 2.90. The van der Waals surface area contributed by atoms with Crippen LogP contribution in [0.4, 0.5) is 21.7 Å². The monoisotopic (exact) mass is 324 g/mol. The lowest BCUT2D eigenvalue weighted by molar-refractivity contribution is 0.597. The van der Waals surface area contributed by atoms with Crippen molar-refractivity contribution in [3.63, 3.8) is 0 Å². The summed E-state index contributed by atoms with van der Waals surface area (Å²) in [6.07, 6.45) is 1.38. The van der Waals surface area contributed by atoms with Crippen LogP contribution >= 0.6 is 0 Å². The van der Waals surface area contributed by atoms with E-state index in [9.17, 15) is 12.8 Å². The third-order valence-electron chi connectivity index (χ3n) is 2.79. The summed E-state index contributed by atoms with van der Waals surface area (Å²) in [5.74, 6) is 0.232. The van der Waals surface area contributed by atoms with Gasteiger partial charge in [-0.15, -0.1) is 10.2 Å². The van der Waals surface area contributed by atoms with Crippen LogP contribution in [0.15, 0.2) is 36.4 Å². The zero-order valence-electron chi connectivity index (χ0n) is 12.1. The SMILES string of the molecule is CCCCS(=O)(=O)Nc1ccc(Nc2cccc(F)c2)nn1. The molecule has 0 aliphatic rings. The molecule has 0 unspecified atom stereocenters. The van der Waals surface area contributed by atoms with Crippen molar-refractivity contribution in [1.82, 2.24) is 10.2 Å². The Morgan fingerprint density at radius 1 is 1.14 bits per heavy atom. The largest absolute Gasteiger partial charge is 0.339 e. The van der Waals surface area contributed by atoms with Crippen LogP contribution in [0.1, 0.15) is 19.8 Å². The highest BCUT2D eigenvalue weighted by Crippen LogP contribution is 2.16. The number of nitrogens with one attached hydrogen (secondary N) is 2. The van der Waals surface area contributed by atoms with Gasteiger partial charge in [0.2, 0.25) is 10.0 Å². The first-order valence-electron chi connectivity index (χ1n) is 6.85. The van der Waals surface area contributed by atoms with E-state index in [-0.39, 0.29) is 17.4 Å². The van der Waals surface area contributed by atoms with Gasteiger partial charge in [-0.2, -0.15) is 0 Å². The number of hydrogen-bond donors (Lipinski definition) is 2. The second-order valence-corrected chi connectivity index (χ2v) is 6.56. The fraction of sp³-hybridized carbons (Fsp3) is 0.286. The minimum Gasteiger partial charge on any atom is -0.339 e. The van der Waals surface area contributed by atoms with E-state index in [1.807, 2.05) is 6.92 Å². The van der Waals surface area contributed by atoms with Crippen molar-refractivity contribution in [3.05, 3.63) is 42.2 Å². The lowest BCUT2D eigenvalue weighted by atomic mass is 10.3. The summed E-state index contributed by atoms with van der Waals surface area (Å²) < 4.78 is 38.9. The lowest BCUT2D eigenvalue weighted by Crippen LogP contribution is -2.17. The van der Waals surface area contributed by atoms with E-state index in [4.69, 9.17) is 0 Å². The lowest BCUT2D eigenvalue weighted by Gasteiger charge is -2.08. The minimum absolute atomic E-state index is 0.0501. The summed E-state index contributed by atoms with van der Waals surface area (Å²) in [6, 6.07) is 8.98. The van der Waals surface area contributed by atoms with Crippen molar-refractivity contribution >= 4 is 27.3 Å². The summed E-state index contributed by atoms with van der Waals surface area (Å²) in [5.41, 5.74) is 0.533. The van der Waals surface area contributed by atoms with Gasteiger partial charge in [-0.3, -0.25) is 4.72 Å². The molecule has 0 spiro atoms.